The number of nitrogens with zero attached hydrogens (tertiary/aromatic N) is 2. The van der Waals surface area contributed by atoms with E-state index in [0.29, 0.717) is 0 Å². The van der Waals surface area contributed by atoms with Gasteiger partial charge in [-0.05, 0) is 19.8 Å². The van der Waals surface area contributed by atoms with Crippen LogP contribution < -0.4 is 4.90 Å². The van der Waals surface area contributed by atoms with Gasteiger partial charge in [0, 0.05) is 18.0 Å². The Hall–Kier alpha value is -1.10. The summed E-state index contributed by atoms with van der Waals surface area (Å²) in [6, 6.07) is 0. The third-order valence-corrected chi connectivity index (χ3v) is 4.15. The minimum atomic E-state index is -0.919. The number of carbonyl (C=O) groups is 1. The summed E-state index contributed by atoms with van der Waals surface area (Å²) in [5, 5.41) is 9.88. The van der Waals surface area contributed by atoms with Gasteiger partial charge in [-0.3, -0.25) is 0 Å². The predicted molar refractivity (Wildman–Crippen MR) is 69.1 cm³/mol. The average Bonchev–Trinajstić information content (AvgIpc) is 2.59. The van der Waals surface area contributed by atoms with E-state index in [4.69, 9.17) is 5.11 Å². The molecule has 4 nitrogen and oxygen atoms in total. The molecule has 1 N–H and O–H groups in total. The number of rotatable bonds is 2. The smallest absolute Gasteiger partial charge is 0.355 e. The van der Waals surface area contributed by atoms with Gasteiger partial charge in [0.15, 0.2) is 10.8 Å². The fourth-order valence-electron chi connectivity index (χ4n) is 2.15. The molecule has 0 aliphatic carbocycles. The van der Waals surface area contributed by atoms with Crippen molar-refractivity contribution in [2.45, 2.75) is 39.0 Å². The van der Waals surface area contributed by atoms with Crippen LogP contribution in [0.5, 0.6) is 0 Å². The zero-order valence-electron chi connectivity index (χ0n) is 10.1. The Morgan fingerprint density at radius 1 is 1.24 bits per heavy atom. The van der Waals surface area contributed by atoms with Gasteiger partial charge >= 0.3 is 5.97 Å². The third-order valence-electron chi connectivity index (χ3n) is 3.11. The van der Waals surface area contributed by atoms with E-state index >= 15 is 0 Å². The van der Waals surface area contributed by atoms with Crippen LogP contribution in [-0.4, -0.2) is 29.1 Å². The quantitative estimate of drug-likeness (QED) is 0.881. The highest BCUT2D eigenvalue weighted by atomic mass is 32.1. The summed E-state index contributed by atoms with van der Waals surface area (Å²) < 4.78 is 0. The number of hydrogen-bond donors (Lipinski definition) is 1. The Bertz CT molecular complexity index is 395. The Balaban J connectivity index is 2.14. The second kappa shape index (κ2) is 5.49. The van der Waals surface area contributed by atoms with E-state index in [1.807, 2.05) is 6.92 Å². The second-order valence-electron chi connectivity index (χ2n) is 4.46. The van der Waals surface area contributed by atoms with E-state index in [2.05, 4.69) is 9.88 Å². The van der Waals surface area contributed by atoms with Gasteiger partial charge in [-0.1, -0.05) is 19.3 Å². The highest BCUT2D eigenvalue weighted by Crippen LogP contribution is 2.27. The maximum atomic E-state index is 11.0. The number of aryl methyl sites for hydroxylation is 1. The highest BCUT2D eigenvalue weighted by Gasteiger charge is 2.18. The Labute approximate surface area is 105 Å². The van der Waals surface area contributed by atoms with Crippen LogP contribution in [0.15, 0.2) is 0 Å². The molecule has 0 saturated carbocycles. The van der Waals surface area contributed by atoms with E-state index in [9.17, 15) is 4.79 Å². The van der Waals surface area contributed by atoms with Crippen molar-refractivity contribution in [3.8, 4) is 0 Å². The van der Waals surface area contributed by atoms with E-state index in [1.165, 1.54) is 43.4 Å². The highest BCUT2D eigenvalue weighted by molar-refractivity contribution is 7.15. The Morgan fingerprint density at radius 2 is 1.82 bits per heavy atom. The van der Waals surface area contributed by atoms with Gasteiger partial charge < -0.3 is 10.0 Å². The van der Waals surface area contributed by atoms with Gasteiger partial charge in [-0.15, -0.1) is 11.3 Å². The standard InChI is InChI=1S/C12H18N2O2S/c1-9-10(11(15)16)13-12(17-9)14-7-5-3-2-4-6-8-14/h2-8H2,1H3,(H,15,16). The molecule has 0 spiro atoms. The first-order valence-electron chi connectivity index (χ1n) is 6.14. The number of hydrogen-bond acceptors (Lipinski definition) is 4. The molecule has 0 bridgehead atoms. The molecule has 1 saturated heterocycles. The molecular formula is C12H18N2O2S. The molecule has 17 heavy (non-hydrogen) atoms. The van der Waals surface area contributed by atoms with Crippen LogP contribution in [0, 0.1) is 6.92 Å². The first kappa shape index (κ1) is 12.4. The molecule has 1 aromatic heterocycles. The molecule has 5 heteroatoms. The predicted octanol–water partition coefficient (Wildman–Crippen LogP) is 2.92. The van der Waals surface area contributed by atoms with Crippen LogP contribution in [-0.2, 0) is 0 Å². The number of carboxylic acids is 1. The lowest BCUT2D eigenvalue weighted by molar-refractivity contribution is 0.0690. The monoisotopic (exact) mass is 254 g/mol. The zero-order chi connectivity index (χ0) is 12.3. The number of anilines is 1. The van der Waals surface area contributed by atoms with Gasteiger partial charge in [-0.2, -0.15) is 0 Å². The minimum absolute atomic E-state index is 0.215. The second-order valence-corrected chi connectivity index (χ2v) is 5.64. The van der Waals surface area contributed by atoms with Crippen molar-refractivity contribution >= 4 is 22.4 Å². The molecule has 0 atom stereocenters. The van der Waals surface area contributed by atoms with Crippen LogP contribution in [0.4, 0.5) is 5.13 Å². The molecule has 1 fully saturated rings. The largest absolute Gasteiger partial charge is 0.476 e. The van der Waals surface area contributed by atoms with Crippen molar-refractivity contribution in [2.24, 2.45) is 0 Å². The third kappa shape index (κ3) is 2.97. The molecule has 0 amide bonds. The lowest BCUT2D eigenvalue weighted by Crippen LogP contribution is -2.26. The van der Waals surface area contributed by atoms with Gasteiger partial charge in [0.2, 0.25) is 0 Å². The van der Waals surface area contributed by atoms with E-state index in [0.717, 1.165) is 23.1 Å². The van der Waals surface area contributed by atoms with E-state index < -0.39 is 5.97 Å². The lowest BCUT2D eigenvalue weighted by Gasteiger charge is -2.23. The Morgan fingerprint density at radius 3 is 2.35 bits per heavy atom. The molecule has 0 aromatic carbocycles. The fourth-order valence-corrected chi connectivity index (χ4v) is 3.11. The summed E-state index contributed by atoms with van der Waals surface area (Å²) in [7, 11) is 0. The lowest BCUT2D eigenvalue weighted by atomic mass is 10.1. The maximum Gasteiger partial charge on any atom is 0.355 e. The first-order chi connectivity index (χ1) is 8.18. The van der Waals surface area contributed by atoms with Crippen molar-refractivity contribution < 1.29 is 9.90 Å². The zero-order valence-corrected chi connectivity index (χ0v) is 10.9. The maximum absolute atomic E-state index is 11.0. The van der Waals surface area contributed by atoms with Crippen molar-refractivity contribution in [3.63, 3.8) is 0 Å². The van der Waals surface area contributed by atoms with Crippen LogP contribution >= 0.6 is 11.3 Å². The number of aromatic carboxylic acids is 1. The summed E-state index contributed by atoms with van der Waals surface area (Å²) in [6.45, 7) is 3.84. The molecule has 94 valence electrons. The summed E-state index contributed by atoms with van der Waals surface area (Å²) >= 11 is 1.50. The van der Waals surface area contributed by atoms with Crippen LogP contribution in [0.3, 0.4) is 0 Å². The molecule has 1 aliphatic heterocycles. The molecule has 0 unspecified atom stereocenters. The van der Waals surface area contributed by atoms with Crippen LogP contribution in [0.25, 0.3) is 0 Å². The first-order valence-corrected chi connectivity index (χ1v) is 6.96. The topological polar surface area (TPSA) is 53.4 Å². The van der Waals surface area contributed by atoms with E-state index in [-0.39, 0.29) is 5.69 Å². The van der Waals surface area contributed by atoms with Gasteiger partial charge in [-0.25, -0.2) is 9.78 Å². The molecular weight excluding hydrogens is 236 g/mol. The molecule has 1 aromatic rings. The van der Waals surface area contributed by atoms with Crippen molar-refractivity contribution in [1.82, 2.24) is 4.98 Å². The molecule has 1 aliphatic rings. The minimum Gasteiger partial charge on any atom is -0.476 e. The van der Waals surface area contributed by atoms with E-state index in [1.54, 1.807) is 0 Å². The summed E-state index contributed by atoms with van der Waals surface area (Å²) in [5.41, 5.74) is 0.215. The van der Waals surface area contributed by atoms with Crippen molar-refractivity contribution in [1.29, 1.82) is 0 Å². The average molecular weight is 254 g/mol. The van der Waals surface area contributed by atoms with Crippen molar-refractivity contribution in [3.05, 3.63) is 10.6 Å². The summed E-state index contributed by atoms with van der Waals surface area (Å²) in [5.74, 6) is -0.919. The molecule has 2 rings (SSSR count). The SMILES string of the molecule is Cc1sc(N2CCCCCCC2)nc1C(=O)O. The molecule has 2 heterocycles. The number of carboxylic acid groups (broad SMARTS) is 1. The van der Waals surface area contributed by atoms with Crippen LogP contribution in [0.2, 0.25) is 0 Å². The Kier molecular flexibility index (Phi) is 3.99. The van der Waals surface area contributed by atoms with Crippen molar-refractivity contribution in [2.75, 3.05) is 18.0 Å². The van der Waals surface area contributed by atoms with Gasteiger partial charge in [0.25, 0.3) is 0 Å². The normalized spacial score (nSPS) is 17.6. The van der Waals surface area contributed by atoms with Gasteiger partial charge in [0.1, 0.15) is 0 Å². The van der Waals surface area contributed by atoms with Crippen LogP contribution in [0.1, 0.15) is 47.5 Å². The molecule has 0 radical (unpaired) electrons. The number of thiazole rings is 1. The van der Waals surface area contributed by atoms with Gasteiger partial charge in [0.05, 0.1) is 0 Å². The summed E-state index contributed by atoms with van der Waals surface area (Å²) in [6.07, 6.45) is 6.23. The fraction of sp³-hybridized carbons (Fsp3) is 0.667. The summed E-state index contributed by atoms with van der Waals surface area (Å²) in [4.78, 5) is 18.3. The number of aromatic nitrogens is 1.